The zero-order valence-electron chi connectivity index (χ0n) is 5.58. The van der Waals surface area contributed by atoms with Crippen molar-refractivity contribution in [3.8, 4) is 0 Å². The maximum Gasteiger partial charge on any atom is 0.110 e. The van der Waals surface area contributed by atoms with Crippen molar-refractivity contribution in [1.29, 1.82) is 0 Å². The Kier molecular flexibility index (Phi) is 1.30. The minimum atomic E-state index is -0.847. The number of hydrogen-bond donors (Lipinski definition) is 0. The van der Waals surface area contributed by atoms with Crippen LogP contribution in [0.1, 0.15) is 33.1 Å². The van der Waals surface area contributed by atoms with Crippen LogP contribution in [-0.2, 0) is 0 Å². The van der Waals surface area contributed by atoms with Gasteiger partial charge in [-0.15, -0.1) is 0 Å². The average Bonchev–Trinajstić information content (AvgIpc) is 1.86. The van der Waals surface area contributed by atoms with E-state index in [9.17, 15) is 4.39 Å². The van der Waals surface area contributed by atoms with Gasteiger partial charge in [0.05, 0.1) is 0 Å². The highest BCUT2D eigenvalue weighted by molar-refractivity contribution is 4.85. The molecule has 1 heteroatoms. The van der Waals surface area contributed by atoms with E-state index < -0.39 is 5.67 Å². The fraction of sp³-hybridized carbons (Fsp3) is 1.00. The summed E-state index contributed by atoms with van der Waals surface area (Å²) in [6.07, 6.45) is 2.93. The lowest BCUT2D eigenvalue weighted by Crippen LogP contribution is -2.19. The monoisotopic (exact) mass is 116 g/mol. The number of alkyl halides is 1. The van der Waals surface area contributed by atoms with E-state index in [4.69, 9.17) is 0 Å². The van der Waals surface area contributed by atoms with Crippen LogP contribution in [0.2, 0.25) is 0 Å². The van der Waals surface area contributed by atoms with Crippen LogP contribution < -0.4 is 0 Å². The lowest BCUT2D eigenvalue weighted by Gasteiger charge is -2.17. The fourth-order valence-corrected chi connectivity index (χ4v) is 1.30. The van der Waals surface area contributed by atoms with Crippen molar-refractivity contribution >= 4 is 0 Å². The zero-order chi connectivity index (χ0) is 6.20. The van der Waals surface area contributed by atoms with Gasteiger partial charge in [-0.25, -0.2) is 4.39 Å². The normalized spacial score (nSPS) is 47.6. The second-order valence-electron chi connectivity index (χ2n) is 3.07. The number of halogens is 1. The Morgan fingerprint density at radius 1 is 1.62 bits per heavy atom. The van der Waals surface area contributed by atoms with Gasteiger partial charge in [-0.2, -0.15) is 0 Å². The van der Waals surface area contributed by atoms with Gasteiger partial charge in [0.1, 0.15) is 5.67 Å². The predicted molar refractivity (Wildman–Crippen MR) is 32.5 cm³/mol. The molecule has 0 amide bonds. The molecular weight excluding hydrogens is 103 g/mol. The molecule has 0 heterocycles. The lowest BCUT2D eigenvalue weighted by molar-refractivity contribution is 0.144. The van der Waals surface area contributed by atoms with Gasteiger partial charge in [0, 0.05) is 0 Å². The minimum absolute atomic E-state index is 0.294. The molecule has 1 fully saturated rings. The van der Waals surface area contributed by atoms with Gasteiger partial charge in [0.15, 0.2) is 0 Å². The SMILES string of the molecule is C[C@@H]1CCC[C@]1(C)F. The van der Waals surface area contributed by atoms with Crippen molar-refractivity contribution in [2.45, 2.75) is 38.8 Å². The molecule has 0 radical (unpaired) electrons. The van der Waals surface area contributed by atoms with Crippen LogP contribution in [0.5, 0.6) is 0 Å². The summed E-state index contributed by atoms with van der Waals surface area (Å²) in [5.74, 6) is 0.294. The molecule has 0 N–H and O–H groups in total. The van der Waals surface area contributed by atoms with E-state index in [2.05, 4.69) is 0 Å². The van der Waals surface area contributed by atoms with Crippen LogP contribution in [0.15, 0.2) is 0 Å². The summed E-state index contributed by atoms with van der Waals surface area (Å²) in [5.41, 5.74) is -0.847. The molecule has 0 aromatic rings. The quantitative estimate of drug-likeness (QED) is 0.456. The van der Waals surface area contributed by atoms with Gasteiger partial charge in [-0.05, 0) is 32.1 Å². The molecular formula is C7H13F. The highest BCUT2D eigenvalue weighted by atomic mass is 19.1. The zero-order valence-corrected chi connectivity index (χ0v) is 5.58. The van der Waals surface area contributed by atoms with E-state index in [1.807, 2.05) is 6.92 Å². The van der Waals surface area contributed by atoms with E-state index in [0.29, 0.717) is 5.92 Å². The highest BCUT2D eigenvalue weighted by Crippen LogP contribution is 2.37. The third kappa shape index (κ3) is 0.862. The molecule has 0 spiro atoms. The molecule has 1 saturated carbocycles. The van der Waals surface area contributed by atoms with E-state index >= 15 is 0 Å². The maximum atomic E-state index is 13.0. The van der Waals surface area contributed by atoms with Crippen LogP contribution >= 0.6 is 0 Å². The van der Waals surface area contributed by atoms with Crippen LogP contribution in [-0.4, -0.2) is 5.67 Å². The topological polar surface area (TPSA) is 0 Å². The second-order valence-corrected chi connectivity index (χ2v) is 3.07. The minimum Gasteiger partial charge on any atom is -0.244 e. The molecule has 0 unspecified atom stereocenters. The van der Waals surface area contributed by atoms with Crippen LogP contribution in [0.25, 0.3) is 0 Å². The van der Waals surface area contributed by atoms with E-state index in [0.717, 1.165) is 19.3 Å². The Morgan fingerprint density at radius 3 is 2.38 bits per heavy atom. The van der Waals surface area contributed by atoms with E-state index in [-0.39, 0.29) is 0 Å². The van der Waals surface area contributed by atoms with Crippen molar-refractivity contribution in [2.75, 3.05) is 0 Å². The van der Waals surface area contributed by atoms with Gasteiger partial charge >= 0.3 is 0 Å². The van der Waals surface area contributed by atoms with Crippen molar-refractivity contribution < 1.29 is 4.39 Å². The molecule has 0 nitrogen and oxygen atoms in total. The summed E-state index contributed by atoms with van der Waals surface area (Å²) in [6.45, 7) is 3.71. The van der Waals surface area contributed by atoms with Gasteiger partial charge in [-0.3, -0.25) is 0 Å². The number of rotatable bonds is 0. The fourth-order valence-electron chi connectivity index (χ4n) is 1.30. The van der Waals surface area contributed by atoms with Gasteiger partial charge in [0.25, 0.3) is 0 Å². The van der Waals surface area contributed by atoms with Gasteiger partial charge < -0.3 is 0 Å². The second kappa shape index (κ2) is 1.71. The Morgan fingerprint density at radius 2 is 2.25 bits per heavy atom. The van der Waals surface area contributed by atoms with E-state index in [1.165, 1.54) is 0 Å². The highest BCUT2D eigenvalue weighted by Gasteiger charge is 2.35. The first kappa shape index (κ1) is 6.06. The molecule has 1 rings (SSSR count). The first-order valence-corrected chi connectivity index (χ1v) is 3.32. The maximum absolute atomic E-state index is 13.0. The van der Waals surface area contributed by atoms with Crippen LogP contribution in [0, 0.1) is 5.92 Å². The van der Waals surface area contributed by atoms with Crippen LogP contribution in [0.4, 0.5) is 4.39 Å². The third-order valence-electron chi connectivity index (χ3n) is 2.33. The Bertz CT molecular complexity index is 86.4. The summed E-state index contributed by atoms with van der Waals surface area (Å²) >= 11 is 0. The molecule has 0 aromatic carbocycles. The standard InChI is InChI=1S/C7H13F/c1-6-4-3-5-7(6,2)8/h6H,3-5H2,1-2H3/t6-,7+/m1/s1. The third-order valence-corrected chi connectivity index (χ3v) is 2.33. The molecule has 0 aromatic heterocycles. The summed E-state index contributed by atoms with van der Waals surface area (Å²) in [6, 6.07) is 0. The molecule has 0 aliphatic heterocycles. The Hall–Kier alpha value is -0.0700. The van der Waals surface area contributed by atoms with Gasteiger partial charge in [0.2, 0.25) is 0 Å². The van der Waals surface area contributed by atoms with Crippen LogP contribution in [0.3, 0.4) is 0 Å². The molecule has 1 aliphatic rings. The van der Waals surface area contributed by atoms with Crippen molar-refractivity contribution in [2.24, 2.45) is 5.92 Å². The molecule has 0 bridgehead atoms. The predicted octanol–water partition coefficient (Wildman–Crippen LogP) is 2.53. The van der Waals surface area contributed by atoms with Crippen molar-refractivity contribution in [3.05, 3.63) is 0 Å². The first-order chi connectivity index (χ1) is 3.63. The van der Waals surface area contributed by atoms with Gasteiger partial charge in [-0.1, -0.05) is 6.92 Å². The van der Waals surface area contributed by atoms with Crippen molar-refractivity contribution in [3.63, 3.8) is 0 Å². The average molecular weight is 116 g/mol. The molecule has 2 atom stereocenters. The Balaban J connectivity index is 2.54. The largest absolute Gasteiger partial charge is 0.244 e. The number of hydrogen-bond acceptors (Lipinski definition) is 0. The summed E-state index contributed by atoms with van der Waals surface area (Å²) < 4.78 is 13.0. The lowest BCUT2D eigenvalue weighted by atomic mass is 9.97. The molecule has 1 aliphatic carbocycles. The summed E-state index contributed by atoms with van der Waals surface area (Å²) in [5, 5.41) is 0. The van der Waals surface area contributed by atoms with E-state index in [1.54, 1.807) is 6.92 Å². The van der Waals surface area contributed by atoms with Crippen molar-refractivity contribution in [1.82, 2.24) is 0 Å². The first-order valence-electron chi connectivity index (χ1n) is 3.32. The summed E-state index contributed by atoms with van der Waals surface area (Å²) in [4.78, 5) is 0. The Labute approximate surface area is 50.1 Å². The molecule has 48 valence electrons. The summed E-state index contributed by atoms with van der Waals surface area (Å²) in [7, 11) is 0. The molecule has 0 saturated heterocycles. The smallest absolute Gasteiger partial charge is 0.110 e. The molecule has 8 heavy (non-hydrogen) atoms.